The van der Waals surface area contributed by atoms with Gasteiger partial charge in [-0.1, -0.05) is 0 Å². The highest BCUT2D eigenvalue weighted by atomic mass is 16.2. The molecule has 0 saturated carbocycles. The molecule has 0 atom stereocenters. The minimum absolute atomic E-state index is 0.101. The maximum atomic E-state index is 11.2. The second-order valence-corrected chi connectivity index (χ2v) is 2.30. The Morgan fingerprint density at radius 3 is 1.00 bits per heavy atom. The fourth-order valence-corrected chi connectivity index (χ4v) is 0.890. The van der Waals surface area contributed by atoms with Crippen molar-refractivity contribution < 1.29 is 15.1 Å². The van der Waals surface area contributed by atoms with E-state index in [1.165, 1.54) is 0 Å². The lowest BCUT2D eigenvalue weighted by Gasteiger charge is -2.06. The van der Waals surface area contributed by atoms with Crippen LogP contribution in [0.15, 0.2) is 14.4 Å². The van der Waals surface area contributed by atoms with Gasteiger partial charge in [0.2, 0.25) is 0 Å². The van der Waals surface area contributed by atoms with Gasteiger partial charge in [-0.2, -0.15) is 0 Å². The van der Waals surface area contributed by atoms with Crippen LogP contribution in [0.3, 0.4) is 0 Å². The van der Waals surface area contributed by atoms with Gasteiger partial charge in [-0.15, -0.1) is 0 Å². The highest BCUT2D eigenvalue weighted by Gasteiger charge is 2.15. The summed E-state index contributed by atoms with van der Waals surface area (Å²) in [6, 6.07) is 0. The number of hydrogen-bond acceptors (Lipinski definition) is 6. The molecule has 3 radical (unpaired) electrons. The van der Waals surface area contributed by atoms with Gasteiger partial charge in [-0.3, -0.25) is 13.4 Å². The molecule has 1 aromatic rings. The van der Waals surface area contributed by atoms with Gasteiger partial charge < -0.3 is 15.1 Å². The first-order valence-electron chi connectivity index (χ1n) is 3.50. The van der Waals surface area contributed by atoms with E-state index in [-0.39, 0.29) is 36.3 Å². The number of aromatic nitrogens is 3. The van der Waals surface area contributed by atoms with Gasteiger partial charge in [0, 0.05) is 0 Å². The van der Waals surface area contributed by atoms with Gasteiger partial charge in [-0.05, 0) is 0 Å². The summed E-state index contributed by atoms with van der Waals surface area (Å²) in [6.45, 7) is 0. The molecule has 0 aliphatic rings. The van der Waals surface area contributed by atoms with Crippen LogP contribution in [0.25, 0.3) is 0 Å². The first-order valence-corrected chi connectivity index (χ1v) is 3.50. The molecule has 0 unspecified atom stereocenters. The molecule has 0 amide bonds. The molecule has 0 aliphatic carbocycles. The summed E-state index contributed by atoms with van der Waals surface area (Å²) in [5, 5.41) is 25.6. The Morgan fingerprint density at radius 2 is 0.867 bits per heavy atom. The second kappa shape index (κ2) is 4.34. The van der Waals surface area contributed by atoms with Crippen LogP contribution in [0.2, 0.25) is 0 Å². The molecule has 0 fully saturated rings. The monoisotopic (exact) mass is 210 g/mol. The molecule has 1 heterocycles. The molecule has 0 saturated heterocycles. The van der Waals surface area contributed by atoms with Crippen molar-refractivity contribution in [1.29, 1.82) is 0 Å². The van der Waals surface area contributed by atoms with Crippen LogP contribution in [-0.4, -0.2) is 51.4 Å². The maximum Gasteiger partial charge on any atom is 0.449 e. The third-order valence-electron chi connectivity index (χ3n) is 1.58. The van der Waals surface area contributed by atoms with E-state index in [4.69, 9.17) is 15.1 Å². The lowest BCUT2D eigenvalue weighted by atomic mass is 10.2. The lowest BCUT2D eigenvalue weighted by Crippen LogP contribution is -2.58. The Balaban J connectivity index is 3.82. The Bertz CT molecular complexity index is 423. The fraction of sp³-hybridized carbons (Fsp3) is 0. The highest BCUT2D eigenvalue weighted by Crippen LogP contribution is 1.63. The minimum atomic E-state index is -1.27. The van der Waals surface area contributed by atoms with Gasteiger partial charge in [0.1, 0.15) is 0 Å². The molecule has 1 aromatic heterocycles. The number of nitrogens with zero attached hydrogens (tertiary/aromatic N) is 3. The molecule has 0 aromatic carbocycles. The first kappa shape index (κ1) is 11.6. The van der Waals surface area contributed by atoms with E-state index in [1.807, 2.05) is 0 Å². The summed E-state index contributed by atoms with van der Waals surface area (Å²) < 4.78 is 0.336. The molecule has 15 heavy (non-hydrogen) atoms. The molecule has 0 spiro atoms. The zero-order valence-electron chi connectivity index (χ0n) is 7.14. The summed E-state index contributed by atoms with van der Waals surface area (Å²) in [5.74, 6) is 0. The Labute approximate surface area is 83.7 Å². The zero-order chi connectivity index (χ0) is 11.6. The fourth-order valence-electron chi connectivity index (χ4n) is 0.890. The van der Waals surface area contributed by atoms with Crippen molar-refractivity contribution >= 4 is 22.9 Å². The zero-order valence-corrected chi connectivity index (χ0v) is 7.14. The van der Waals surface area contributed by atoms with Gasteiger partial charge >= 0.3 is 39.9 Å². The third kappa shape index (κ3) is 1.69. The van der Waals surface area contributed by atoms with E-state index in [2.05, 4.69) is 0 Å². The molecule has 0 bridgehead atoms. The largest absolute Gasteiger partial charge is 0.449 e. The average molecular weight is 210 g/mol. The Hall–Kier alpha value is -1.52. The summed E-state index contributed by atoms with van der Waals surface area (Å²) in [4.78, 5) is 33.5. The molecule has 9 nitrogen and oxygen atoms in total. The Morgan fingerprint density at radius 1 is 0.667 bits per heavy atom. The van der Waals surface area contributed by atoms with Crippen LogP contribution in [0.1, 0.15) is 0 Å². The van der Waals surface area contributed by atoms with Crippen LogP contribution >= 0.6 is 0 Å². The van der Waals surface area contributed by atoms with Crippen molar-refractivity contribution in [2.24, 2.45) is 0 Å². The van der Waals surface area contributed by atoms with Gasteiger partial charge in [0.15, 0.2) is 0 Å². The van der Waals surface area contributed by atoms with Crippen LogP contribution in [0, 0.1) is 0 Å². The van der Waals surface area contributed by atoms with E-state index >= 15 is 0 Å². The van der Waals surface area contributed by atoms with Gasteiger partial charge in [-0.25, -0.2) is 14.4 Å². The summed E-state index contributed by atoms with van der Waals surface area (Å²) in [5.41, 5.74) is -3.81. The van der Waals surface area contributed by atoms with Crippen LogP contribution in [-0.2, 0) is 0 Å². The summed E-state index contributed by atoms with van der Waals surface area (Å²) >= 11 is 0. The van der Waals surface area contributed by atoms with Crippen molar-refractivity contribution in [3.63, 3.8) is 0 Å². The SMILES string of the molecule is O=c1n([B]O)c(=O)n([B]O)c(=O)n1[B]O. The predicted octanol–water partition coefficient (Wildman–Crippen LogP) is -5.70. The predicted molar refractivity (Wildman–Crippen MR) is 49.3 cm³/mol. The highest BCUT2D eigenvalue weighted by molar-refractivity contribution is 6.26. The molecule has 3 N–H and O–H groups in total. The van der Waals surface area contributed by atoms with Crippen LogP contribution in [0.5, 0.6) is 0 Å². The van der Waals surface area contributed by atoms with E-state index < -0.39 is 17.1 Å². The van der Waals surface area contributed by atoms with Gasteiger partial charge in [0.25, 0.3) is 0 Å². The quantitative estimate of drug-likeness (QED) is 0.426. The maximum absolute atomic E-state index is 11.2. The summed E-state index contributed by atoms with van der Waals surface area (Å²) in [6.07, 6.45) is 0. The van der Waals surface area contributed by atoms with Crippen LogP contribution < -0.4 is 17.1 Å². The van der Waals surface area contributed by atoms with E-state index in [1.54, 1.807) is 0 Å². The molecule has 12 heteroatoms. The average Bonchev–Trinajstić information content (AvgIpc) is 2.19. The van der Waals surface area contributed by atoms with E-state index in [0.29, 0.717) is 0 Å². The second-order valence-electron chi connectivity index (χ2n) is 2.30. The minimum Gasteiger partial charge on any atom is -0.434 e. The summed E-state index contributed by atoms with van der Waals surface area (Å²) in [7, 11) is 0.304. The number of hydrogen-bond donors (Lipinski definition) is 3. The number of rotatable bonds is 3. The molecule has 0 aliphatic heterocycles. The smallest absolute Gasteiger partial charge is 0.434 e. The normalized spacial score (nSPS) is 9.80. The van der Waals surface area contributed by atoms with Crippen molar-refractivity contribution in [2.45, 2.75) is 0 Å². The molecular formula is C3H3B3N3O6. The Kier molecular flexibility index (Phi) is 3.34. The van der Waals surface area contributed by atoms with Crippen LogP contribution in [0.4, 0.5) is 0 Å². The lowest BCUT2D eigenvalue weighted by molar-refractivity contribution is 0.535. The van der Waals surface area contributed by atoms with E-state index in [9.17, 15) is 14.4 Å². The standard InChI is InChI=1S/C3H3B3N3O6/c10-1-7(4-13)2(11)9(6-15)3(12)8(1)5-14/h13-15H. The first-order chi connectivity index (χ1) is 7.08. The molecule has 75 valence electrons. The van der Waals surface area contributed by atoms with Gasteiger partial charge in [0.05, 0.1) is 0 Å². The van der Waals surface area contributed by atoms with Crippen molar-refractivity contribution in [2.75, 3.05) is 0 Å². The molecular weight excluding hydrogens is 206 g/mol. The third-order valence-corrected chi connectivity index (χ3v) is 1.58. The topological polar surface area (TPSA) is 127 Å². The van der Waals surface area contributed by atoms with Crippen molar-refractivity contribution in [3.8, 4) is 0 Å². The van der Waals surface area contributed by atoms with Crippen molar-refractivity contribution in [3.05, 3.63) is 31.5 Å². The van der Waals surface area contributed by atoms with E-state index in [0.717, 1.165) is 0 Å². The van der Waals surface area contributed by atoms with Crippen molar-refractivity contribution in [1.82, 2.24) is 13.4 Å². The molecule has 1 rings (SSSR count).